The first-order valence-corrected chi connectivity index (χ1v) is 4.81. The van der Waals surface area contributed by atoms with E-state index in [0.29, 0.717) is 12.2 Å². The Morgan fingerprint density at radius 2 is 2.40 bits per heavy atom. The Kier molecular flexibility index (Phi) is 3.92. The van der Waals surface area contributed by atoms with Crippen molar-refractivity contribution in [3.05, 3.63) is 23.7 Å². The summed E-state index contributed by atoms with van der Waals surface area (Å²) in [4.78, 5) is 11.5. The molecule has 4 nitrogen and oxygen atoms in total. The normalized spacial score (nSPS) is 11.8. The van der Waals surface area contributed by atoms with Gasteiger partial charge in [0.1, 0.15) is 11.9 Å². The average molecular weight is 207 g/mol. The first-order valence-electron chi connectivity index (χ1n) is 4.81. The minimum Gasteiger partial charge on any atom is -0.455 e. The first-order chi connectivity index (χ1) is 7.17. The highest BCUT2D eigenvalue weighted by Crippen LogP contribution is 2.11. The summed E-state index contributed by atoms with van der Waals surface area (Å²) in [5.41, 5.74) is 0. The topological polar surface area (TPSA) is 63.2 Å². The molecular formula is C11H13NO3. The summed E-state index contributed by atoms with van der Waals surface area (Å²) in [7, 11) is 0. The van der Waals surface area contributed by atoms with Crippen molar-refractivity contribution in [2.75, 3.05) is 0 Å². The Morgan fingerprint density at radius 3 is 2.87 bits per heavy atom. The molecule has 0 saturated heterocycles. The molecule has 15 heavy (non-hydrogen) atoms. The maximum absolute atomic E-state index is 11.5. The number of carbonyl (C=O) groups excluding carboxylic acids is 1. The van der Waals surface area contributed by atoms with Crippen molar-refractivity contribution in [1.82, 2.24) is 0 Å². The predicted octanol–water partition coefficient (Wildman–Crippen LogP) is 2.44. The molecule has 1 heterocycles. The van der Waals surface area contributed by atoms with Crippen LogP contribution in [-0.2, 0) is 4.74 Å². The number of esters is 1. The van der Waals surface area contributed by atoms with E-state index in [-0.39, 0.29) is 18.3 Å². The molecule has 0 radical (unpaired) electrons. The summed E-state index contributed by atoms with van der Waals surface area (Å²) in [6.45, 7) is 3.62. The molecule has 0 aliphatic carbocycles. The van der Waals surface area contributed by atoms with E-state index >= 15 is 0 Å². The zero-order chi connectivity index (χ0) is 11.3. The van der Waals surface area contributed by atoms with Crippen LogP contribution in [-0.4, -0.2) is 12.1 Å². The van der Waals surface area contributed by atoms with Crippen molar-refractivity contribution >= 4 is 5.97 Å². The molecule has 0 aliphatic rings. The lowest BCUT2D eigenvalue weighted by Gasteiger charge is -2.11. The van der Waals surface area contributed by atoms with E-state index in [9.17, 15) is 4.79 Å². The van der Waals surface area contributed by atoms with Gasteiger partial charge in [0.15, 0.2) is 0 Å². The van der Waals surface area contributed by atoms with Crippen molar-refractivity contribution < 1.29 is 13.9 Å². The molecule has 0 saturated carbocycles. The second-order valence-electron chi connectivity index (χ2n) is 3.21. The Balaban J connectivity index is 2.59. The smallest absolute Gasteiger partial charge is 0.374 e. The molecule has 1 unspecified atom stereocenters. The lowest BCUT2D eigenvalue weighted by atomic mass is 10.2. The monoisotopic (exact) mass is 207 g/mol. The second-order valence-corrected chi connectivity index (χ2v) is 3.21. The third kappa shape index (κ3) is 3.13. The van der Waals surface area contributed by atoms with E-state index < -0.39 is 5.97 Å². The van der Waals surface area contributed by atoms with E-state index in [1.54, 1.807) is 19.1 Å². The molecule has 80 valence electrons. The highest BCUT2D eigenvalue weighted by molar-refractivity contribution is 5.86. The van der Waals surface area contributed by atoms with Gasteiger partial charge in [0.2, 0.25) is 5.76 Å². The van der Waals surface area contributed by atoms with Gasteiger partial charge in [0, 0.05) is 0 Å². The molecule has 4 heteroatoms. The van der Waals surface area contributed by atoms with Gasteiger partial charge in [0.25, 0.3) is 0 Å². The number of rotatable bonds is 4. The Bertz CT molecular complexity index is 375. The second kappa shape index (κ2) is 5.20. The van der Waals surface area contributed by atoms with Crippen LogP contribution in [0.5, 0.6) is 0 Å². The number of hydrogen-bond donors (Lipinski definition) is 0. The Morgan fingerprint density at radius 1 is 1.67 bits per heavy atom. The third-order valence-electron chi connectivity index (χ3n) is 1.99. The predicted molar refractivity (Wildman–Crippen MR) is 53.2 cm³/mol. The summed E-state index contributed by atoms with van der Waals surface area (Å²) in [5, 5.41) is 8.49. The molecule has 0 fully saturated rings. The number of carbonyl (C=O) groups is 1. The van der Waals surface area contributed by atoms with Gasteiger partial charge >= 0.3 is 5.97 Å². The van der Waals surface area contributed by atoms with Gasteiger partial charge in [-0.3, -0.25) is 0 Å². The SMILES string of the molecule is CCC(CC#N)OC(=O)c1ccc(C)o1. The summed E-state index contributed by atoms with van der Waals surface area (Å²) in [6, 6.07) is 5.24. The van der Waals surface area contributed by atoms with Crippen molar-refractivity contribution in [1.29, 1.82) is 5.26 Å². The van der Waals surface area contributed by atoms with Gasteiger partial charge in [-0.05, 0) is 25.5 Å². The summed E-state index contributed by atoms with van der Waals surface area (Å²) < 4.78 is 10.2. The minimum atomic E-state index is -0.509. The summed E-state index contributed by atoms with van der Waals surface area (Å²) >= 11 is 0. The van der Waals surface area contributed by atoms with Crippen molar-refractivity contribution in [2.24, 2.45) is 0 Å². The van der Waals surface area contributed by atoms with Gasteiger partial charge in [-0.25, -0.2) is 4.79 Å². The van der Waals surface area contributed by atoms with E-state index in [2.05, 4.69) is 0 Å². The number of nitriles is 1. The average Bonchev–Trinajstić information content (AvgIpc) is 2.64. The molecular weight excluding hydrogens is 194 g/mol. The molecule has 1 aromatic rings. The van der Waals surface area contributed by atoms with Crippen LogP contribution in [0, 0.1) is 18.3 Å². The largest absolute Gasteiger partial charge is 0.455 e. The highest BCUT2D eigenvalue weighted by Gasteiger charge is 2.16. The fraction of sp³-hybridized carbons (Fsp3) is 0.455. The maximum atomic E-state index is 11.5. The van der Waals surface area contributed by atoms with Gasteiger partial charge in [-0.15, -0.1) is 0 Å². The van der Waals surface area contributed by atoms with Crippen LogP contribution in [0.2, 0.25) is 0 Å². The highest BCUT2D eigenvalue weighted by atomic mass is 16.6. The molecule has 0 amide bonds. The number of furan rings is 1. The third-order valence-corrected chi connectivity index (χ3v) is 1.99. The van der Waals surface area contributed by atoms with Gasteiger partial charge in [-0.1, -0.05) is 6.92 Å². The molecule has 0 aliphatic heterocycles. The lowest BCUT2D eigenvalue weighted by molar-refractivity contribution is 0.0266. The van der Waals surface area contributed by atoms with Crippen LogP contribution in [0.3, 0.4) is 0 Å². The van der Waals surface area contributed by atoms with Crippen LogP contribution in [0.4, 0.5) is 0 Å². The zero-order valence-electron chi connectivity index (χ0n) is 8.82. The zero-order valence-corrected chi connectivity index (χ0v) is 8.82. The van der Waals surface area contributed by atoms with E-state index in [1.165, 1.54) is 0 Å². The van der Waals surface area contributed by atoms with Crippen LogP contribution in [0.25, 0.3) is 0 Å². The van der Waals surface area contributed by atoms with E-state index in [0.717, 1.165) is 0 Å². The van der Waals surface area contributed by atoms with Crippen LogP contribution >= 0.6 is 0 Å². The molecule has 1 atom stereocenters. The number of ether oxygens (including phenoxy) is 1. The van der Waals surface area contributed by atoms with E-state index in [1.807, 2.05) is 13.0 Å². The molecule has 0 spiro atoms. The Labute approximate surface area is 88.4 Å². The first kappa shape index (κ1) is 11.3. The molecule has 0 N–H and O–H groups in total. The van der Waals surface area contributed by atoms with Crippen LogP contribution in [0.1, 0.15) is 36.1 Å². The van der Waals surface area contributed by atoms with Gasteiger partial charge < -0.3 is 9.15 Å². The number of hydrogen-bond acceptors (Lipinski definition) is 4. The molecule has 0 bridgehead atoms. The molecule has 0 aromatic carbocycles. The van der Waals surface area contributed by atoms with Crippen LogP contribution < -0.4 is 0 Å². The lowest BCUT2D eigenvalue weighted by Crippen LogP contribution is -2.16. The quantitative estimate of drug-likeness (QED) is 0.711. The van der Waals surface area contributed by atoms with Crippen molar-refractivity contribution in [2.45, 2.75) is 32.8 Å². The van der Waals surface area contributed by atoms with Gasteiger partial charge in [-0.2, -0.15) is 5.26 Å². The Hall–Kier alpha value is -1.76. The molecule has 1 aromatic heterocycles. The number of nitrogens with zero attached hydrogens (tertiary/aromatic N) is 1. The molecule has 1 rings (SSSR count). The summed E-state index contributed by atoms with van der Waals surface area (Å²) in [6.07, 6.45) is 0.480. The van der Waals surface area contributed by atoms with Gasteiger partial charge in [0.05, 0.1) is 12.5 Å². The van der Waals surface area contributed by atoms with Crippen LogP contribution in [0.15, 0.2) is 16.5 Å². The van der Waals surface area contributed by atoms with Crippen molar-refractivity contribution in [3.8, 4) is 6.07 Å². The maximum Gasteiger partial charge on any atom is 0.374 e. The standard InChI is InChI=1S/C11H13NO3/c1-3-9(6-7-12)15-11(13)10-5-4-8(2)14-10/h4-5,9H,3,6H2,1-2H3. The summed E-state index contributed by atoms with van der Waals surface area (Å²) in [5.74, 6) is 0.337. The minimum absolute atomic E-state index is 0.184. The number of aryl methyl sites for hydroxylation is 1. The fourth-order valence-corrected chi connectivity index (χ4v) is 1.12. The van der Waals surface area contributed by atoms with E-state index in [4.69, 9.17) is 14.4 Å². The van der Waals surface area contributed by atoms with Crippen molar-refractivity contribution in [3.63, 3.8) is 0 Å². The fourth-order valence-electron chi connectivity index (χ4n) is 1.12.